The van der Waals surface area contributed by atoms with Crippen LogP contribution in [0.1, 0.15) is 5.56 Å². The minimum Gasteiger partial charge on any atom is -0.248 e. The van der Waals surface area contributed by atoms with Gasteiger partial charge >= 0.3 is 0 Å². The molecule has 2 aromatic rings. The van der Waals surface area contributed by atoms with E-state index < -0.39 is 0 Å². The van der Waals surface area contributed by atoms with Gasteiger partial charge in [-0.05, 0) is 74.3 Å². The summed E-state index contributed by atoms with van der Waals surface area (Å²) in [5, 5.41) is 1.87. The van der Waals surface area contributed by atoms with Crippen LogP contribution in [0.15, 0.2) is 49.6 Å². The topological polar surface area (TPSA) is 25.8 Å². The Morgan fingerprint density at radius 1 is 1.19 bits per heavy atom. The molecule has 0 unspecified atom stereocenters. The normalized spacial score (nSPS) is 10.4. The molecule has 2 heterocycles. The minimum atomic E-state index is 0.928. The fourth-order valence-corrected chi connectivity index (χ4v) is 2.65. The first-order valence-corrected chi connectivity index (χ1v) is 6.97. The van der Waals surface area contributed by atoms with E-state index in [0.29, 0.717) is 0 Å². The second-order valence-corrected chi connectivity index (χ2v) is 5.88. The van der Waals surface area contributed by atoms with E-state index in [-0.39, 0.29) is 0 Å². The van der Waals surface area contributed by atoms with Gasteiger partial charge in [0.25, 0.3) is 0 Å². The molecule has 0 saturated carbocycles. The van der Waals surface area contributed by atoms with E-state index in [1.54, 1.807) is 18.0 Å². The smallest absolute Gasteiger partial charge is 0.116 e. The van der Waals surface area contributed by atoms with E-state index in [9.17, 15) is 0 Å². The van der Waals surface area contributed by atoms with Crippen LogP contribution in [-0.4, -0.2) is 9.97 Å². The number of rotatable bonds is 2. The Labute approximate surface area is 115 Å². The number of pyridine rings is 2. The van der Waals surface area contributed by atoms with Crippen LogP contribution in [0.2, 0.25) is 0 Å². The number of aryl methyl sites for hydroxylation is 1. The maximum atomic E-state index is 4.33. The van der Waals surface area contributed by atoms with Crippen molar-refractivity contribution in [3.63, 3.8) is 0 Å². The van der Waals surface area contributed by atoms with Crippen molar-refractivity contribution in [3.8, 4) is 0 Å². The Morgan fingerprint density at radius 2 is 2.00 bits per heavy atom. The fourth-order valence-electron chi connectivity index (χ4n) is 1.11. The van der Waals surface area contributed by atoms with E-state index >= 15 is 0 Å². The van der Waals surface area contributed by atoms with Crippen LogP contribution in [0.5, 0.6) is 0 Å². The molecule has 0 bridgehead atoms. The van der Waals surface area contributed by atoms with Crippen molar-refractivity contribution < 1.29 is 0 Å². The molecule has 0 aromatic carbocycles. The summed E-state index contributed by atoms with van der Waals surface area (Å²) < 4.78 is 2.01. The first kappa shape index (κ1) is 12.1. The Balaban J connectivity index is 2.28. The van der Waals surface area contributed by atoms with Gasteiger partial charge in [0.15, 0.2) is 0 Å². The molecule has 2 nitrogen and oxygen atoms in total. The molecule has 0 saturated heterocycles. The lowest BCUT2D eigenvalue weighted by Gasteiger charge is -2.03. The van der Waals surface area contributed by atoms with Crippen LogP contribution in [-0.2, 0) is 0 Å². The van der Waals surface area contributed by atoms with Crippen LogP contribution >= 0.6 is 43.6 Å². The Hall–Kier alpha value is -0.390. The molecule has 2 rings (SSSR count). The molecule has 0 spiro atoms. The van der Waals surface area contributed by atoms with E-state index in [0.717, 1.165) is 19.0 Å². The number of hydrogen-bond acceptors (Lipinski definition) is 3. The molecule has 16 heavy (non-hydrogen) atoms. The van der Waals surface area contributed by atoms with Gasteiger partial charge in [0.2, 0.25) is 0 Å². The van der Waals surface area contributed by atoms with Gasteiger partial charge in [-0.3, -0.25) is 0 Å². The van der Waals surface area contributed by atoms with Crippen molar-refractivity contribution >= 4 is 43.6 Å². The third kappa shape index (κ3) is 2.84. The zero-order chi connectivity index (χ0) is 11.5. The third-order valence-corrected chi connectivity index (χ3v) is 4.63. The highest BCUT2D eigenvalue weighted by molar-refractivity contribution is 9.10. The van der Waals surface area contributed by atoms with Crippen molar-refractivity contribution in [3.05, 3.63) is 45.1 Å². The molecule has 0 N–H and O–H groups in total. The molecule has 0 amide bonds. The van der Waals surface area contributed by atoms with Crippen LogP contribution in [0.3, 0.4) is 0 Å². The molecular weight excluding hydrogens is 352 g/mol. The number of nitrogens with zero attached hydrogens (tertiary/aromatic N) is 2. The summed E-state index contributed by atoms with van der Waals surface area (Å²) in [5.41, 5.74) is 1.17. The van der Waals surface area contributed by atoms with Gasteiger partial charge in [0, 0.05) is 16.9 Å². The van der Waals surface area contributed by atoms with Gasteiger partial charge in [-0.15, -0.1) is 0 Å². The summed E-state index contributed by atoms with van der Waals surface area (Å²) in [6.07, 6.45) is 3.59. The first-order valence-electron chi connectivity index (χ1n) is 4.57. The fraction of sp³-hybridized carbons (Fsp3) is 0.0909. The van der Waals surface area contributed by atoms with Crippen LogP contribution in [0.4, 0.5) is 0 Å². The summed E-state index contributed by atoms with van der Waals surface area (Å²) in [7, 11) is 0. The van der Waals surface area contributed by atoms with Crippen molar-refractivity contribution in [2.45, 2.75) is 17.0 Å². The van der Waals surface area contributed by atoms with Crippen molar-refractivity contribution in [2.24, 2.45) is 0 Å². The molecule has 5 heteroatoms. The highest BCUT2D eigenvalue weighted by atomic mass is 79.9. The minimum absolute atomic E-state index is 0.928. The summed E-state index contributed by atoms with van der Waals surface area (Å²) in [6, 6.07) is 5.91. The van der Waals surface area contributed by atoms with Gasteiger partial charge in [-0.1, -0.05) is 0 Å². The molecule has 0 radical (unpaired) electrons. The number of aromatic nitrogens is 2. The van der Waals surface area contributed by atoms with Crippen LogP contribution in [0.25, 0.3) is 0 Å². The highest BCUT2D eigenvalue weighted by Crippen LogP contribution is 2.31. The Morgan fingerprint density at radius 3 is 2.69 bits per heavy atom. The number of hydrogen-bond donors (Lipinski definition) is 0. The molecule has 0 aliphatic rings. The Bertz CT molecular complexity index is 517. The Kier molecular flexibility index (Phi) is 4.00. The molecule has 82 valence electrons. The van der Waals surface area contributed by atoms with E-state index in [2.05, 4.69) is 41.8 Å². The summed E-state index contributed by atoms with van der Waals surface area (Å²) >= 11 is 8.45. The maximum Gasteiger partial charge on any atom is 0.116 e. The highest BCUT2D eigenvalue weighted by Gasteiger charge is 2.05. The van der Waals surface area contributed by atoms with Gasteiger partial charge in [0.1, 0.15) is 10.1 Å². The lowest BCUT2D eigenvalue weighted by molar-refractivity contribution is 1.06. The van der Waals surface area contributed by atoms with Crippen molar-refractivity contribution in [2.75, 3.05) is 0 Å². The van der Waals surface area contributed by atoms with E-state index in [1.807, 2.05) is 31.3 Å². The predicted octanol–water partition coefficient (Wildman–Crippen LogP) is 4.46. The molecule has 2 aromatic heterocycles. The maximum absolute atomic E-state index is 4.33. The van der Waals surface area contributed by atoms with Crippen molar-refractivity contribution in [1.82, 2.24) is 9.97 Å². The number of halogens is 2. The van der Waals surface area contributed by atoms with E-state index in [4.69, 9.17) is 0 Å². The quantitative estimate of drug-likeness (QED) is 0.791. The predicted molar refractivity (Wildman–Crippen MR) is 72.7 cm³/mol. The lowest BCUT2D eigenvalue weighted by Crippen LogP contribution is -1.86. The first-order chi connectivity index (χ1) is 7.66. The van der Waals surface area contributed by atoms with Crippen molar-refractivity contribution in [1.29, 1.82) is 0 Å². The van der Waals surface area contributed by atoms with Gasteiger partial charge in [-0.2, -0.15) is 0 Å². The third-order valence-electron chi connectivity index (χ3n) is 1.95. The van der Waals surface area contributed by atoms with Gasteiger partial charge in [-0.25, -0.2) is 9.97 Å². The molecule has 0 atom stereocenters. The van der Waals surface area contributed by atoms with Crippen LogP contribution in [0, 0.1) is 6.92 Å². The second kappa shape index (κ2) is 5.29. The average Bonchev–Trinajstić information content (AvgIpc) is 2.27. The lowest BCUT2D eigenvalue weighted by atomic mass is 10.3. The molecule has 0 aliphatic heterocycles. The van der Waals surface area contributed by atoms with Gasteiger partial charge < -0.3 is 0 Å². The summed E-state index contributed by atoms with van der Waals surface area (Å²) in [4.78, 5) is 8.62. The zero-order valence-electron chi connectivity index (χ0n) is 8.45. The SMILES string of the molecule is Cc1cc(Sc2ncccc2Br)ncc1Br. The van der Waals surface area contributed by atoms with E-state index in [1.165, 1.54) is 5.56 Å². The molecule has 0 aliphatic carbocycles. The molecular formula is C11H8Br2N2S. The average molecular weight is 360 g/mol. The molecule has 0 fully saturated rings. The van der Waals surface area contributed by atoms with Gasteiger partial charge in [0.05, 0.1) is 4.47 Å². The second-order valence-electron chi connectivity index (χ2n) is 3.16. The monoisotopic (exact) mass is 358 g/mol. The zero-order valence-corrected chi connectivity index (χ0v) is 12.4. The standard InChI is InChI=1S/C11H8Br2N2S/c1-7-5-10(15-6-9(7)13)16-11-8(12)3-2-4-14-11/h2-6H,1H3. The summed E-state index contributed by atoms with van der Waals surface area (Å²) in [5.74, 6) is 0. The summed E-state index contributed by atoms with van der Waals surface area (Å²) in [6.45, 7) is 2.04. The van der Waals surface area contributed by atoms with Crippen LogP contribution < -0.4 is 0 Å². The largest absolute Gasteiger partial charge is 0.248 e.